The van der Waals surface area contributed by atoms with Gasteiger partial charge in [0.2, 0.25) is 5.96 Å². The van der Waals surface area contributed by atoms with Crippen molar-refractivity contribution >= 4 is 12.2 Å². The second-order valence-corrected chi connectivity index (χ2v) is 3.11. The van der Waals surface area contributed by atoms with E-state index in [1.54, 1.807) is 19.2 Å². The topological polar surface area (TPSA) is 95.2 Å². The molecule has 0 aliphatic carbocycles. The third kappa shape index (κ3) is 4.02. The van der Waals surface area contributed by atoms with Crippen LogP contribution in [0, 0.1) is 0 Å². The Hall–Kier alpha value is -2.24. The Balaban J connectivity index is 2.91. The van der Waals surface area contributed by atoms with Crippen molar-refractivity contribution < 1.29 is 9.47 Å². The predicted octanol–water partition coefficient (Wildman–Crippen LogP) is 0.701. The van der Waals surface area contributed by atoms with Crippen LogP contribution < -0.4 is 20.9 Å². The van der Waals surface area contributed by atoms with Crippen LogP contribution in [0.25, 0.3) is 0 Å². The van der Waals surface area contributed by atoms with Gasteiger partial charge in [-0.1, -0.05) is 0 Å². The zero-order valence-corrected chi connectivity index (χ0v) is 9.88. The van der Waals surface area contributed by atoms with Crippen LogP contribution in [0.15, 0.2) is 28.4 Å². The monoisotopic (exact) mass is 236 g/mol. The number of benzene rings is 1. The molecule has 6 nitrogen and oxygen atoms in total. The highest BCUT2D eigenvalue weighted by molar-refractivity contribution is 5.82. The van der Waals surface area contributed by atoms with E-state index >= 15 is 0 Å². The van der Waals surface area contributed by atoms with Gasteiger partial charge in [-0.3, -0.25) is 0 Å². The fourth-order valence-electron chi connectivity index (χ4n) is 1.20. The van der Waals surface area contributed by atoms with Gasteiger partial charge in [0.05, 0.1) is 19.9 Å². The maximum absolute atomic E-state index is 5.42. The summed E-state index contributed by atoms with van der Waals surface area (Å²) in [5, 5.41) is 7.22. The number of hydrogen-bond donors (Lipinski definition) is 2. The molecule has 1 aromatic rings. The minimum Gasteiger partial charge on any atom is -0.493 e. The zero-order valence-electron chi connectivity index (χ0n) is 9.88. The molecule has 0 fully saturated rings. The maximum Gasteiger partial charge on any atom is 0.211 e. The highest BCUT2D eigenvalue weighted by atomic mass is 16.5. The summed E-state index contributed by atoms with van der Waals surface area (Å²) < 4.78 is 10.6. The van der Waals surface area contributed by atoms with Gasteiger partial charge in [-0.05, 0) is 30.7 Å². The molecule has 0 spiro atoms. The standard InChI is InChI=1S/C11H16N4O2/c1-3-17-10-6-8(4-5-9(10)16-2)7-14-15-11(12)13/h4-7H,3H2,1-2H3,(H4,12,13,15)/b14-7-. The number of hydrogen-bond acceptors (Lipinski definition) is 4. The van der Waals surface area contributed by atoms with E-state index in [1.165, 1.54) is 6.21 Å². The number of ether oxygens (including phenoxy) is 2. The first kappa shape index (κ1) is 12.8. The van der Waals surface area contributed by atoms with E-state index in [9.17, 15) is 0 Å². The number of nitrogens with zero attached hydrogens (tertiary/aromatic N) is 2. The molecule has 0 unspecified atom stereocenters. The second-order valence-electron chi connectivity index (χ2n) is 3.11. The van der Waals surface area contributed by atoms with E-state index < -0.39 is 0 Å². The molecule has 0 saturated carbocycles. The molecule has 0 aliphatic heterocycles. The lowest BCUT2D eigenvalue weighted by Gasteiger charge is -2.09. The van der Waals surface area contributed by atoms with Crippen LogP contribution in [0.1, 0.15) is 12.5 Å². The lowest BCUT2D eigenvalue weighted by Crippen LogP contribution is -2.21. The van der Waals surface area contributed by atoms with E-state index in [0.717, 1.165) is 5.56 Å². The molecular formula is C11H16N4O2. The van der Waals surface area contributed by atoms with E-state index in [1.807, 2.05) is 13.0 Å². The molecule has 0 aliphatic rings. The van der Waals surface area contributed by atoms with Crippen molar-refractivity contribution in [2.24, 2.45) is 21.7 Å². The van der Waals surface area contributed by atoms with Crippen molar-refractivity contribution in [3.05, 3.63) is 23.8 Å². The van der Waals surface area contributed by atoms with Crippen molar-refractivity contribution in [3.8, 4) is 11.5 Å². The minimum absolute atomic E-state index is 0.0835. The molecule has 0 bridgehead atoms. The Morgan fingerprint density at radius 2 is 2.12 bits per heavy atom. The van der Waals surface area contributed by atoms with Crippen LogP contribution >= 0.6 is 0 Å². The average Bonchev–Trinajstić information content (AvgIpc) is 2.29. The Morgan fingerprint density at radius 3 is 2.71 bits per heavy atom. The van der Waals surface area contributed by atoms with Gasteiger partial charge in [0.1, 0.15) is 0 Å². The summed E-state index contributed by atoms with van der Waals surface area (Å²) in [5.74, 6) is 1.24. The van der Waals surface area contributed by atoms with Crippen molar-refractivity contribution in [2.45, 2.75) is 6.92 Å². The molecule has 0 saturated heterocycles. The molecule has 1 rings (SSSR count). The van der Waals surface area contributed by atoms with Crippen molar-refractivity contribution in [1.29, 1.82) is 0 Å². The van der Waals surface area contributed by atoms with Crippen LogP contribution in [0.4, 0.5) is 0 Å². The molecule has 4 N–H and O–H groups in total. The van der Waals surface area contributed by atoms with Crippen LogP contribution in [0.2, 0.25) is 0 Å². The van der Waals surface area contributed by atoms with Gasteiger partial charge in [-0.25, -0.2) is 0 Å². The first-order valence-corrected chi connectivity index (χ1v) is 5.10. The Labute approximate surface area is 99.9 Å². The fraction of sp³-hybridized carbons (Fsp3) is 0.273. The lowest BCUT2D eigenvalue weighted by molar-refractivity contribution is 0.311. The highest BCUT2D eigenvalue weighted by Crippen LogP contribution is 2.27. The number of nitrogens with two attached hydrogens (primary N) is 2. The highest BCUT2D eigenvalue weighted by Gasteiger charge is 2.03. The summed E-state index contributed by atoms with van der Waals surface area (Å²) in [7, 11) is 1.59. The summed E-state index contributed by atoms with van der Waals surface area (Å²) >= 11 is 0. The first-order valence-electron chi connectivity index (χ1n) is 5.10. The number of guanidine groups is 1. The predicted molar refractivity (Wildman–Crippen MR) is 67.6 cm³/mol. The van der Waals surface area contributed by atoms with Gasteiger partial charge in [0.15, 0.2) is 11.5 Å². The Bertz CT molecular complexity index is 425. The second kappa shape index (κ2) is 6.37. The molecule has 17 heavy (non-hydrogen) atoms. The van der Waals surface area contributed by atoms with Gasteiger partial charge in [0.25, 0.3) is 0 Å². The Kier molecular flexibility index (Phi) is 4.80. The van der Waals surface area contributed by atoms with Crippen LogP contribution in [0.5, 0.6) is 11.5 Å². The molecule has 0 aromatic heterocycles. The van der Waals surface area contributed by atoms with E-state index in [0.29, 0.717) is 18.1 Å². The van der Waals surface area contributed by atoms with Gasteiger partial charge in [-0.15, -0.1) is 5.10 Å². The summed E-state index contributed by atoms with van der Waals surface area (Å²) in [6, 6.07) is 5.42. The molecule has 0 radical (unpaired) electrons. The van der Waals surface area contributed by atoms with Crippen LogP contribution in [-0.4, -0.2) is 25.9 Å². The van der Waals surface area contributed by atoms with Gasteiger partial charge in [0, 0.05) is 0 Å². The largest absolute Gasteiger partial charge is 0.493 e. The Morgan fingerprint density at radius 1 is 1.35 bits per heavy atom. The van der Waals surface area contributed by atoms with E-state index in [4.69, 9.17) is 20.9 Å². The van der Waals surface area contributed by atoms with Gasteiger partial charge >= 0.3 is 0 Å². The third-order valence-corrected chi connectivity index (χ3v) is 1.87. The molecule has 0 amide bonds. The van der Waals surface area contributed by atoms with Crippen molar-refractivity contribution in [2.75, 3.05) is 13.7 Å². The number of rotatable bonds is 5. The summed E-state index contributed by atoms with van der Waals surface area (Å²) in [5.41, 5.74) is 11.1. The SMILES string of the molecule is CCOc1cc(/C=N\N=C(N)N)ccc1OC. The quantitative estimate of drug-likeness (QED) is 0.447. The third-order valence-electron chi connectivity index (χ3n) is 1.87. The van der Waals surface area contributed by atoms with Crippen LogP contribution in [0.3, 0.4) is 0 Å². The normalized spacial score (nSPS) is 10.2. The minimum atomic E-state index is -0.0835. The van der Waals surface area contributed by atoms with E-state index in [-0.39, 0.29) is 5.96 Å². The summed E-state index contributed by atoms with van der Waals surface area (Å²) in [6.45, 7) is 2.46. The van der Waals surface area contributed by atoms with Crippen LogP contribution in [-0.2, 0) is 0 Å². The van der Waals surface area contributed by atoms with E-state index in [2.05, 4.69) is 10.2 Å². The maximum atomic E-state index is 5.42. The summed E-state index contributed by atoms with van der Waals surface area (Å²) in [6.07, 6.45) is 1.53. The molecule has 6 heteroatoms. The molecule has 92 valence electrons. The van der Waals surface area contributed by atoms with Gasteiger partial charge in [-0.2, -0.15) is 5.10 Å². The van der Waals surface area contributed by atoms with Gasteiger partial charge < -0.3 is 20.9 Å². The smallest absolute Gasteiger partial charge is 0.211 e. The number of methoxy groups -OCH3 is 1. The first-order chi connectivity index (χ1) is 8.17. The molecular weight excluding hydrogens is 220 g/mol. The lowest BCUT2D eigenvalue weighted by atomic mass is 10.2. The van der Waals surface area contributed by atoms with Crippen molar-refractivity contribution in [1.82, 2.24) is 0 Å². The zero-order chi connectivity index (χ0) is 12.7. The molecule has 0 heterocycles. The fourth-order valence-corrected chi connectivity index (χ4v) is 1.20. The average molecular weight is 236 g/mol. The molecule has 1 aromatic carbocycles. The molecule has 0 atom stereocenters. The van der Waals surface area contributed by atoms with Crippen molar-refractivity contribution in [3.63, 3.8) is 0 Å². The summed E-state index contributed by atoms with van der Waals surface area (Å²) in [4.78, 5) is 0.